The Labute approximate surface area is 430 Å². The molecule has 0 saturated carbocycles. The topological polar surface area (TPSA) is 44.8 Å². The van der Waals surface area contributed by atoms with Crippen LogP contribution in [0.5, 0.6) is 0 Å². The van der Waals surface area contributed by atoms with Crippen molar-refractivity contribution in [2.45, 2.75) is 252 Å². The van der Waals surface area contributed by atoms with Crippen molar-refractivity contribution in [2.75, 3.05) is 60.7 Å². The van der Waals surface area contributed by atoms with Crippen molar-refractivity contribution in [3.63, 3.8) is 0 Å². The van der Waals surface area contributed by atoms with Crippen LogP contribution >= 0.6 is 0 Å². The monoisotopic (exact) mass is 972 g/mol. The second kappa shape index (κ2) is 54.4. The number of quaternary nitrogens is 1. The summed E-state index contributed by atoms with van der Waals surface area (Å²) in [5, 5.41) is 0. The second-order valence-corrected chi connectivity index (χ2v) is 20.9. The maximum Gasteiger partial charge on any atom is 0.305 e. The molecule has 68 heavy (non-hydrogen) atoms. The molecule has 0 atom stereocenters. The lowest BCUT2D eigenvalue weighted by atomic mass is 9.89. The minimum atomic E-state index is -0.372. The number of unbranched alkanes of at least 4 members (excludes halogenated alkanes) is 26. The molecule has 6 heteroatoms. The molecule has 0 fully saturated rings. The molecule has 5 nitrogen and oxygen atoms in total. The quantitative estimate of drug-likeness (QED) is 0.0264. The number of nitrogens with zero attached hydrogens (tertiary/aromatic N) is 1. The van der Waals surface area contributed by atoms with Gasteiger partial charge in [-0.2, -0.15) is 0 Å². The molecule has 0 aromatic heterocycles. The van der Waals surface area contributed by atoms with E-state index in [2.05, 4.69) is 115 Å². The Bertz CT molecular complexity index is 1160. The number of halogens is 1. The van der Waals surface area contributed by atoms with Crippen LogP contribution in [0.1, 0.15) is 252 Å². The zero-order valence-electron chi connectivity index (χ0n) is 46.1. The van der Waals surface area contributed by atoms with Gasteiger partial charge in [0.1, 0.15) is 6.61 Å². The summed E-state index contributed by atoms with van der Waals surface area (Å²) in [6, 6.07) is 0. The first-order valence-corrected chi connectivity index (χ1v) is 28.8. The van der Waals surface area contributed by atoms with Crippen LogP contribution in [0, 0.1) is 5.41 Å². The van der Waals surface area contributed by atoms with Crippen molar-refractivity contribution < 1.29 is 35.9 Å². The zero-order chi connectivity index (χ0) is 48.9. The fourth-order valence-corrected chi connectivity index (χ4v) is 8.62. The van der Waals surface area contributed by atoms with Gasteiger partial charge in [0.2, 0.25) is 0 Å². The Kier molecular flexibility index (Phi) is 54.5. The lowest BCUT2D eigenvalue weighted by Gasteiger charge is -2.38. The van der Waals surface area contributed by atoms with E-state index < -0.39 is 0 Å². The number of carbonyl (C=O) groups is 1. The SMILES string of the molecule is CCCCC/C=C\C/C=C\CCCCCCCCOCC(COCCCCCCCC/C=C\C/C=C\CCCCC)(COC(=O)CCCCCCC/C=C\C/C=C\CCCCC)C[N+](C)(C)C.[Cl-]. The van der Waals surface area contributed by atoms with E-state index >= 15 is 0 Å². The van der Waals surface area contributed by atoms with Crippen molar-refractivity contribution in [3.05, 3.63) is 72.9 Å². The standard InChI is InChI=1S/C62H114NO4.ClH/c1-7-10-13-16-19-22-25-28-31-34-37-40-43-46-49-52-55-65-58-62(57-63(4,5)6,59-66-56-53-50-47-44-41-38-35-32-29-26-23-20-17-14-11-8-2)60-67-61(64)54-51-48-45-42-39-36-33-30-27-24-21-18-15-12-9-3;/h19-24,28-33H,7-18,25-27,34-60H2,1-6H3;1H/q+1;/p-1/b22-19-,23-20-,24-21-,31-28-,32-29-,33-30-;. The van der Waals surface area contributed by atoms with Gasteiger partial charge in [-0.3, -0.25) is 4.79 Å². The van der Waals surface area contributed by atoms with E-state index in [1.807, 2.05) is 0 Å². The molecule has 0 aromatic rings. The largest absolute Gasteiger partial charge is 1.00 e. The van der Waals surface area contributed by atoms with Crippen LogP contribution in [0.3, 0.4) is 0 Å². The van der Waals surface area contributed by atoms with Crippen LogP contribution in [0.4, 0.5) is 0 Å². The van der Waals surface area contributed by atoms with Gasteiger partial charge in [-0.25, -0.2) is 0 Å². The fourth-order valence-electron chi connectivity index (χ4n) is 8.62. The second-order valence-electron chi connectivity index (χ2n) is 20.9. The van der Waals surface area contributed by atoms with Gasteiger partial charge in [0.25, 0.3) is 0 Å². The van der Waals surface area contributed by atoms with Crippen LogP contribution in [0.2, 0.25) is 0 Å². The number of carbonyl (C=O) groups excluding carboxylic acids is 1. The van der Waals surface area contributed by atoms with Crippen LogP contribution < -0.4 is 12.4 Å². The summed E-state index contributed by atoms with van der Waals surface area (Å²) in [7, 11) is 6.68. The first-order chi connectivity index (χ1) is 32.8. The van der Waals surface area contributed by atoms with E-state index in [0.29, 0.717) is 26.2 Å². The predicted molar refractivity (Wildman–Crippen MR) is 296 cm³/mol. The van der Waals surface area contributed by atoms with E-state index in [4.69, 9.17) is 14.2 Å². The van der Waals surface area contributed by atoms with Gasteiger partial charge in [-0.05, 0) is 116 Å². The summed E-state index contributed by atoms with van der Waals surface area (Å²) in [6.45, 7) is 10.6. The summed E-state index contributed by atoms with van der Waals surface area (Å²) >= 11 is 0. The molecular formula is C62H114ClNO4. The number of hydrogen-bond donors (Lipinski definition) is 0. The van der Waals surface area contributed by atoms with Crippen molar-refractivity contribution >= 4 is 5.97 Å². The Hall–Kier alpha value is -1.92. The third-order valence-corrected chi connectivity index (χ3v) is 12.5. The summed E-state index contributed by atoms with van der Waals surface area (Å²) in [4.78, 5) is 13.1. The van der Waals surface area contributed by atoms with Gasteiger partial charge in [0, 0.05) is 19.6 Å². The number of hydrogen-bond acceptors (Lipinski definition) is 4. The minimum absolute atomic E-state index is 0. The molecule has 0 rings (SSSR count). The Morgan fingerprint density at radius 3 is 1.00 bits per heavy atom. The Balaban J connectivity index is 0. The smallest absolute Gasteiger partial charge is 0.305 e. The molecule has 0 amide bonds. The lowest BCUT2D eigenvalue weighted by Crippen LogP contribution is -3.00. The van der Waals surface area contributed by atoms with Gasteiger partial charge in [-0.15, -0.1) is 0 Å². The highest BCUT2D eigenvalue weighted by atomic mass is 35.5. The summed E-state index contributed by atoms with van der Waals surface area (Å²) in [5.74, 6) is -0.0771. The molecule has 0 heterocycles. The predicted octanol–water partition coefficient (Wildman–Crippen LogP) is 15.7. The van der Waals surface area contributed by atoms with Crippen LogP contribution in [-0.4, -0.2) is 71.2 Å². The molecular weight excluding hydrogens is 858 g/mol. The molecule has 0 aromatic carbocycles. The first-order valence-electron chi connectivity index (χ1n) is 28.8. The molecule has 0 aliphatic heterocycles. The van der Waals surface area contributed by atoms with Crippen molar-refractivity contribution in [2.24, 2.45) is 5.41 Å². The Morgan fingerprint density at radius 2 is 0.676 bits per heavy atom. The highest BCUT2D eigenvalue weighted by Crippen LogP contribution is 2.25. The van der Waals surface area contributed by atoms with Crippen molar-refractivity contribution in [1.29, 1.82) is 0 Å². The summed E-state index contributed by atoms with van der Waals surface area (Å²) in [6.07, 6.45) is 71.2. The van der Waals surface area contributed by atoms with E-state index in [0.717, 1.165) is 75.6 Å². The molecule has 0 spiro atoms. The van der Waals surface area contributed by atoms with Crippen LogP contribution in [-0.2, 0) is 19.0 Å². The molecule has 0 unspecified atom stereocenters. The maximum atomic E-state index is 13.1. The zero-order valence-corrected chi connectivity index (χ0v) is 46.8. The molecule has 398 valence electrons. The normalized spacial score (nSPS) is 12.7. The van der Waals surface area contributed by atoms with E-state index in [-0.39, 0.29) is 23.8 Å². The number of esters is 1. The molecule has 0 N–H and O–H groups in total. The van der Waals surface area contributed by atoms with Gasteiger partial charge in [-0.1, -0.05) is 203 Å². The summed E-state index contributed by atoms with van der Waals surface area (Å²) in [5.41, 5.74) is -0.372. The van der Waals surface area contributed by atoms with Crippen LogP contribution in [0.15, 0.2) is 72.9 Å². The minimum Gasteiger partial charge on any atom is -1.00 e. The van der Waals surface area contributed by atoms with Gasteiger partial charge in [0.05, 0.1) is 46.3 Å². The third kappa shape index (κ3) is 53.4. The van der Waals surface area contributed by atoms with Crippen molar-refractivity contribution in [3.8, 4) is 0 Å². The van der Waals surface area contributed by atoms with E-state index in [9.17, 15) is 4.79 Å². The number of ether oxygens (including phenoxy) is 3. The van der Waals surface area contributed by atoms with Gasteiger partial charge >= 0.3 is 5.97 Å². The molecule has 0 saturated heterocycles. The average Bonchev–Trinajstić information content (AvgIpc) is 3.30. The van der Waals surface area contributed by atoms with Crippen LogP contribution in [0.25, 0.3) is 0 Å². The number of allylic oxidation sites excluding steroid dienone is 12. The molecule has 0 aliphatic rings. The fraction of sp³-hybridized carbons (Fsp3) is 0.790. The maximum absolute atomic E-state index is 13.1. The lowest BCUT2D eigenvalue weighted by molar-refractivity contribution is -0.877. The highest BCUT2D eigenvalue weighted by molar-refractivity contribution is 5.69. The summed E-state index contributed by atoms with van der Waals surface area (Å²) < 4.78 is 19.8. The number of rotatable bonds is 52. The third-order valence-electron chi connectivity index (χ3n) is 12.5. The van der Waals surface area contributed by atoms with E-state index in [1.54, 1.807) is 0 Å². The first kappa shape index (κ1) is 68.2. The highest BCUT2D eigenvalue weighted by Gasteiger charge is 2.39. The van der Waals surface area contributed by atoms with Gasteiger partial charge < -0.3 is 31.1 Å². The van der Waals surface area contributed by atoms with E-state index in [1.165, 1.54) is 173 Å². The molecule has 0 bridgehead atoms. The molecule has 0 radical (unpaired) electrons. The molecule has 0 aliphatic carbocycles. The van der Waals surface area contributed by atoms with Gasteiger partial charge in [0.15, 0.2) is 0 Å². The Morgan fingerprint density at radius 1 is 0.382 bits per heavy atom. The average molecular weight is 973 g/mol. The van der Waals surface area contributed by atoms with Crippen molar-refractivity contribution in [1.82, 2.24) is 0 Å².